The van der Waals surface area contributed by atoms with Crippen LogP contribution in [0.2, 0.25) is 0 Å². The maximum Gasteiger partial charge on any atom is 0.111 e. The standard InChI is InChI=1S/C19H26O/c1-6-16(5)20-18-10-8-7-9-17(18)19-14(3)11-13(2)12-15(19)4/h6,11-12,17-18H,1,5,7-10H2,2-4H3/t17-,18-/m0/s1. The molecule has 0 aromatic heterocycles. The lowest BCUT2D eigenvalue weighted by molar-refractivity contribution is 0.0706. The average molecular weight is 270 g/mol. The molecule has 0 amide bonds. The van der Waals surface area contributed by atoms with Crippen molar-refractivity contribution < 1.29 is 4.74 Å². The van der Waals surface area contributed by atoms with Gasteiger partial charge in [0, 0.05) is 5.92 Å². The molecule has 2 rings (SSSR count). The number of allylic oxidation sites excluding steroid dienone is 1. The van der Waals surface area contributed by atoms with Crippen molar-refractivity contribution in [3.63, 3.8) is 0 Å². The first kappa shape index (κ1) is 14.9. The first-order chi connectivity index (χ1) is 9.52. The quantitative estimate of drug-likeness (QED) is 0.529. The number of benzene rings is 1. The van der Waals surface area contributed by atoms with E-state index >= 15 is 0 Å². The van der Waals surface area contributed by atoms with Gasteiger partial charge in [0.05, 0.1) is 0 Å². The molecule has 0 N–H and O–H groups in total. The number of rotatable bonds is 4. The molecule has 1 aromatic carbocycles. The van der Waals surface area contributed by atoms with Crippen LogP contribution in [0.3, 0.4) is 0 Å². The Morgan fingerprint density at radius 1 is 1.15 bits per heavy atom. The maximum absolute atomic E-state index is 6.04. The van der Waals surface area contributed by atoms with E-state index in [2.05, 4.69) is 46.1 Å². The van der Waals surface area contributed by atoms with E-state index < -0.39 is 0 Å². The van der Waals surface area contributed by atoms with Gasteiger partial charge in [0.15, 0.2) is 0 Å². The first-order valence-electron chi connectivity index (χ1n) is 7.58. The topological polar surface area (TPSA) is 9.23 Å². The molecule has 1 aromatic rings. The van der Waals surface area contributed by atoms with Crippen molar-refractivity contribution in [3.8, 4) is 0 Å². The number of hydrogen-bond acceptors (Lipinski definition) is 1. The number of hydrogen-bond donors (Lipinski definition) is 0. The Kier molecular flexibility index (Phi) is 4.69. The van der Waals surface area contributed by atoms with Crippen molar-refractivity contribution in [2.75, 3.05) is 0 Å². The molecule has 1 nitrogen and oxygen atoms in total. The molecule has 0 radical (unpaired) electrons. The summed E-state index contributed by atoms with van der Waals surface area (Å²) >= 11 is 0. The van der Waals surface area contributed by atoms with E-state index in [1.165, 1.54) is 41.5 Å². The molecule has 108 valence electrons. The van der Waals surface area contributed by atoms with E-state index in [4.69, 9.17) is 4.74 Å². The highest BCUT2D eigenvalue weighted by molar-refractivity contribution is 5.40. The Balaban J connectivity index is 2.32. The summed E-state index contributed by atoms with van der Waals surface area (Å²) in [5.41, 5.74) is 5.61. The Morgan fingerprint density at radius 3 is 2.35 bits per heavy atom. The zero-order valence-corrected chi connectivity index (χ0v) is 13.0. The van der Waals surface area contributed by atoms with Gasteiger partial charge in [-0.2, -0.15) is 0 Å². The maximum atomic E-state index is 6.04. The third-order valence-electron chi connectivity index (χ3n) is 4.34. The van der Waals surface area contributed by atoms with Gasteiger partial charge in [0.1, 0.15) is 11.9 Å². The lowest BCUT2D eigenvalue weighted by Crippen LogP contribution is -2.27. The van der Waals surface area contributed by atoms with E-state index in [0.717, 1.165) is 6.42 Å². The van der Waals surface area contributed by atoms with Crippen LogP contribution in [0.4, 0.5) is 0 Å². The molecule has 1 heteroatoms. The molecule has 20 heavy (non-hydrogen) atoms. The Morgan fingerprint density at radius 2 is 1.75 bits per heavy atom. The van der Waals surface area contributed by atoms with Crippen LogP contribution in [0, 0.1) is 20.8 Å². The van der Waals surface area contributed by atoms with Crippen molar-refractivity contribution in [3.05, 3.63) is 59.4 Å². The summed E-state index contributed by atoms with van der Waals surface area (Å²) < 4.78 is 6.04. The molecular weight excluding hydrogens is 244 g/mol. The van der Waals surface area contributed by atoms with E-state index in [9.17, 15) is 0 Å². The minimum atomic E-state index is 0.245. The van der Waals surface area contributed by atoms with Gasteiger partial charge in [-0.05, 0) is 62.8 Å². The predicted molar refractivity (Wildman–Crippen MR) is 86.1 cm³/mol. The second-order valence-electron chi connectivity index (χ2n) is 6.03. The van der Waals surface area contributed by atoms with Gasteiger partial charge in [-0.3, -0.25) is 0 Å². The summed E-state index contributed by atoms with van der Waals surface area (Å²) in [4.78, 5) is 0. The van der Waals surface area contributed by atoms with Crippen LogP contribution in [0.1, 0.15) is 53.9 Å². The fourth-order valence-electron chi connectivity index (χ4n) is 3.59. The summed E-state index contributed by atoms with van der Waals surface area (Å²) in [6.07, 6.45) is 6.81. The summed E-state index contributed by atoms with van der Waals surface area (Å²) in [7, 11) is 0. The Hall–Kier alpha value is -1.50. The van der Waals surface area contributed by atoms with Gasteiger partial charge in [-0.25, -0.2) is 0 Å². The Labute approximate surface area is 123 Å². The second kappa shape index (κ2) is 6.30. The van der Waals surface area contributed by atoms with Crippen LogP contribution >= 0.6 is 0 Å². The van der Waals surface area contributed by atoms with Crippen molar-refractivity contribution in [2.45, 2.75) is 58.5 Å². The van der Waals surface area contributed by atoms with Gasteiger partial charge < -0.3 is 4.74 Å². The molecule has 1 aliphatic rings. The van der Waals surface area contributed by atoms with E-state index in [0.29, 0.717) is 11.7 Å². The highest BCUT2D eigenvalue weighted by Gasteiger charge is 2.30. The van der Waals surface area contributed by atoms with Crippen LogP contribution < -0.4 is 0 Å². The highest BCUT2D eigenvalue weighted by atomic mass is 16.5. The van der Waals surface area contributed by atoms with Crippen molar-refractivity contribution in [1.29, 1.82) is 0 Å². The normalized spacial score (nSPS) is 22.4. The molecule has 0 aliphatic heterocycles. The minimum absolute atomic E-state index is 0.245. The van der Waals surface area contributed by atoms with Gasteiger partial charge in [-0.1, -0.05) is 37.3 Å². The largest absolute Gasteiger partial charge is 0.490 e. The molecule has 1 aliphatic carbocycles. The molecule has 0 unspecified atom stereocenters. The van der Waals surface area contributed by atoms with Crippen LogP contribution in [-0.2, 0) is 4.74 Å². The van der Waals surface area contributed by atoms with Crippen LogP contribution in [0.5, 0.6) is 0 Å². The third-order valence-corrected chi connectivity index (χ3v) is 4.34. The van der Waals surface area contributed by atoms with Crippen molar-refractivity contribution >= 4 is 0 Å². The lowest BCUT2D eigenvalue weighted by Gasteiger charge is -2.34. The van der Waals surface area contributed by atoms with Crippen LogP contribution in [0.25, 0.3) is 0 Å². The molecule has 0 bridgehead atoms. The summed E-state index contributed by atoms with van der Waals surface area (Å²) in [6.45, 7) is 14.3. The second-order valence-corrected chi connectivity index (χ2v) is 6.03. The SMILES string of the molecule is C=CC(=C)O[C@H]1CCCC[C@@H]1c1c(C)cc(C)cc1C. The first-order valence-corrected chi connectivity index (χ1v) is 7.58. The van der Waals surface area contributed by atoms with E-state index in [-0.39, 0.29) is 6.10 Å². The van der Waals surface area contributed by atoms with Gasteiger partial charge in [0.2, 0.25) is 0 Å². The zero-order chi connectivity index (χ0) is 14.7. The lowest BCUT2D eigenvalue weighted by atomic mass is 9.78. The van der Waals surface area contributed by atoms with Crippen LogP contribution in [-0.4, -0.2) is 6.10 Å². The van der Waals surface area contributed by atoms with Crippen molar-refractivity contribution in [1.82, 2.24) is 0 Å². The summed E-state index contributed by atoms with van der Waals surface area (Å²) in [5, 5.41) is 0. The minimum Gasteiger partial charge on any atom is -0.490 e. The average Bonchev–Trinajstić information content (AvgIpc) is 2.39. The number of ether oxygens (including phenoxy) is 1. The third kappa shape index (κ3) is 3.15. The van der Waals surface area contributed by atoms with Gasteiger partial charge in [-0.15, -0.1) is 0 Å². The molecule has 0 spiro atoms. The number of aryl methyl sites for hydroxylation is 3. The summed E-state index contributed by atoms with van der Waals surface area (Å²) in [6, 6.07) is 4.58. The van der Waals surface area contributed by atoms with Gasteiger partial charge in [0.25, 0.3) is 0 Å². The molecule has 0 heterocycles. The predicted octanol–water partition coefficient (Wildman–Crippen LogP) is 5.35. The molecule has 1 saturated carbocycles. The fourth-order valence-corrected chi connectivity index (χ4v) is 3.59. The van der Waals surface area contributed by atoms with Gasteiger partial charge >= 0.3 is 0 Å². The van der Waals surface area contributed by atoms with E-state index in [1.807, 2.05) is 0 Å². The highest BCUT2D eigenvalue weighted by Crippen LogP contribution is 2.39. The monoisotopic (exact) mass is 270 g/mol. The van der Waals surface area contributed by atoms with Crippen molar-refractivity contribution in [2.24, 2.45) is 0 Å². The smallest absolute Gasteiger partial charge is 0.111 e. The van der Waals surface area contributed by atoms with E-state index in [1.54, 1.807) is 6.08 Å². The fraction of sp³-hybridized carbons (Fsp3) is 0.474. The Bertz CT molecular complexity index is 489. The molecule has 2 atom stereocenters. The molecule has 0 saturated heterocycles. The summed E-state index contributed by atoms with van der Waals surface area (Å²) in [5.74, 6) is 1.19. The molecule has 1 fully saturated rings. The molecular formula is C19H26O. The zero-order valence-electron chi connectivity index (χ0n) is 13.0. The van der Waals surface area contributed by atoms with Crippen LogP contribution in [0.15, 0.2) is 37.1 Å².